The number of benzene rings is 1. The zero-order valence-corrected chi connectivity index (χ0v) is 13.9. The molecule has 6 heteroatoms. The number of halogens is 3. The Morgan fingerprint density at radius 1 is 1.22 bits per heavy atom. The number of alkyl halides is 2. The highest BCUT2D eigenvalue weighted by atomic mass is 35.5. The van der Waals surface area contributed by atoms with Gasteiger partial charge in [0.2, 0.25) is 0 Å². The second kappa shape index (κ2) is 7.58. The van der Waals surface area contributed by atoms with E-state index in [4.69, 9.17) is 0 Å². The first-order chi connectivity index (χ1) is 10.6. The van der Waals surface area contributed by atoms with E-state index in [9.17, 15) is 13.6 Å². The summed E-state index contributed by atoms with van der Waals surface area (Å²) >= 11 is 0. The maximum Gasteiger partial charge on any atom is 0.265 e. The number of carbonyl (C=O) groups is 1. The lowest BCUT2D eigenvalue weighted by Crippen LogP contribution is -2.46. The van der Waals surface area contributed by atoms with E-state index >= 15 is 0 Å². The van der Waals surface area contributed by atoms with Crippen LogP contribution in [0, 0.1) is 0 Å². The minimum atomic E-state index is -2.75. The molecule has 0 bridgehead atoms. The van der Waals surface area contributed by atoms with Crippen molar-refractivity contribution in [2.75, 3.05) is 26.2 Å². The minimum absolute atomic E-state index is 0. The van der Waals surface area contributed by atoms with Crippen LogP contribution in [0.5, 0.6) is 0 Å². The quantitative estimate of drug-likeness (QED) is 0.891. The summed E-state index contributed by atoms with van der Waals surface area (Å²) in [5, 5.41) is 3.31. The fourth-order valence-electron chi connectivity index (χ4n) is 3.49. The molecular formula is C17H23ClF2N2O. The Bertz CT molecular complexity index is 547. The third-order valence-corrected chi connectivity index (χ3v) is 4.65. The van der Waals surface area contributed by atoms with Crippen LogP contribution in [0.25, 0.3) is 0 Å². The first-order valence-electron chi connectivity index (χ1n) is 8.03. The van der Waals surface area contributed by atoms with Gasteiger partial charge in [0.15, 0.2) is 0 Å². The van der Waals surface area contributed by atoms with Crippen LogP contribution in [0.1, 0.15) is 47.5 Å². The third kappa shape index (κ3) is 4.21. The number of piperidine rings is 2. The molecule has 0 aromatic heterocycles. The molecule has 1 aromatic rings. The standard InChI is InChI=1S/C17H22F2N2O.ClH/c18-17(19)8-3-11-21(12-17)16(22)15-5-2-1-4-14(15)13-6-9-20-10-7-13;/h1-2,4-5,13,20H,3,6-12H2;1H. The second-order valence-corrected chi connectivity index (χ2v) is 6.30. The van der Waals surface area contributed by atoms with Crippen LogP contribution in [0.3, 0.4) is 0 Å². The molecule has 2 aliphatic heterocycles. The molecule has 0 saturated carbocycles. The summed E-state index contributed by atoms with van der Waals surface area (Å²) in [5.74, 6) is -2.65. The number of hydrogen-bond donors (Lipinski definition) is 1. The lowest BCUT2D eigenvalue weighted by molar-refractivity contribution is -0.0560. The Kier molecular flexibility index (Phi) is 5.98. The molecule has 2 fully saturated rings. The largest absolute Gasteiger partial charge is 0.333 e. The van der Waals surface area contributed by atoms with Gasteiger partial charge in [0.25, 0.3) is 11.8 Å². The monoisotopic (exact) mass is 344 g/mol. The van der Waals surface area contributed by atoms with E-state index in [1.54, 1.807) is 6.07 Å². The third-order valence-electron chi connectivity index (χ3n) is 4.65. The highest BCUT2D eigenvalue weighted by Gasteiger charge is 2.38. The molecule has 0 aliphatic carbocycles. The summed E-state index contributed by atoms with van der Waals surface area (Å²) < 4.78 is 27.2. The summed E-state index contributed by atoms with van der Waals surface area (Å²) in [4.78, 5) is 14.1. The van der Waals surface area contributed by atoms with Crippen LogP contribution >= 0.6 is 12.4 Å². The first-order valence-corrected chi connectivity index (χ1v) is 8.03. The molecule has 1 N–H and O–H groups in total. The zero-order valence-electron chi connectivity index (χ0n) is 13.1. The van der Waals surface area contributed by atoms with Crippen LogP contribution in [-0.2, 0) is 0 Å². The van der Waals surface area contributed by atoms with Crippen molar-refractivity contribution in [3.8, 4) is 0 Å². The molecule has 2 heterocycles. The lowest BCUT2D eigenvalue weighted by Gasteiger charge is -2.33. The van der Waals surface area contributed by atoms with Gasteiger partial charge in [-0.15, -0.1) is 12.4 Å². The number of hydrogen-bond acceptors (Lipinski definition) is 2. The van der Waals surface area contributed by atoms with Crippen molar-refractivity contribution >= 4 is 18.3 Å². The molecule has 1 amide bonds. The second-order valence-electron chi connectivity index (χ2n) is 6.30. The number of nitrogens with zero attached hydrogens (tertiary/aromatic N) is 1. The highest BCUT2D eigenvalue weighted by molar-refractivity contribution is 5.96. The predicted octanol–water partition coefficient (Wildman–Crippen LogP) is 3.45. The van der Waals surface area contributed by atoms with Crippen molar-refractivity contribution < 1.29 is 13.6 Å². The average molecular weight is 345 g/mol. The maximum absolute atomic E-state index is 13.6. The summed E-state index contributed by atoms with van der Waals surface area (Å²) in [6.07, 6.45) is 2.22. The SMILES string of the molecule is Cl.O=C(c1ccccc1C1CCNCC1)N1CCCC(F)(F)C1. The summed E-state index contributed by atoms with van der Waals surface area (Å²) in [6, 6.07) is 7.51. The topological polar surface area (TPSA) is 32.3 Å². The van der Waals surface area contributed by atoms with Crippen LogP contribution in [-0.4, -0.2) is 42.9 Å². The van der Waals surface area contributed by atoms with Gasteiger partial charge in [0.05, 0.1) is 6.54 Å². The van der Waals surface area contributed by atoms with Crippen molar-refractivity contribution in [1.82, 2.24) is 10.2 Å². The van der Waals surface area contributed by atoms with Gasteiger partial charge in [-0.25, -0.2) is 8.78 Å². The van der Waals surface area contributed by atoms with Crippen molar-refractivity contribution in [3.05, 3.63) is 35.4 Å². The normalized spacial score (nSPS) is 21.6. The van der Waals surface area contributed by atoms with Gasteiger partial charge in [-0.3, -0.25) is 4.79 Å². The van der Waals surface area contributed by atoms with Gasteiger partial charge >= 0.3 is 0 Å². The molecule has 0 unspecified atom stereocenters. The van der Waals surface area contributed by atoms with E-state index in [1.165, 1.54) is 4.90 Å². The number of rotatable bonds is 2. The van der Waals surface area contributed by atoms with Crippen LogP contribution in [0.4, 0.5) is 8.78 Å². The molecule has 0 spiro atoms. The summed E-state index contributed by atoms with van der Waals surface area (Å²) in [7, 11) is 0. The Morgan fingerprint density at radius 2 is 1.91 bits per heavy atom. The van der Waals surface area contributed by atoms with E-state index in [2.05, 4.69) is 5.32 Å². The van der Waals surface area contributed by atoms with Gasteiger partial charge in [0.1, 0.15) is 0 Å². The Labute approximate surface area is 141 Å². The summed E-state index contributed by atoms with van der Waals surface area (Å²) in [6.45, 7) is 1.85. The smallest absolute Gasteiger partial charge is 0.265 e. The van der Waals surface area contributed by atoms with E-state index < -0.39 is 12.5 Å². The Balaban J connectivity index is 0.00000192. The molecule has 1 aromatic carbocycles. The van der Waals surface area contributed by atoms with E-state index in [0.717, 1.165) is 31.5 Å². The van der Waals surface area contributed by atoms with Gasteiger partial charge in [0, 0.05) is 18.5 Å². The molecule has 128 valence electrons. The highest BCUT2D eigenvalue weighted by Crippen LogP contribution is 2.31. The molecule has 0 radical (unpaired) electrons. The van der Waals surface area contributed by atoms with E-state index in [-0.39, 0.29) is 24.7 Å². The average Bonchev–Trinajstić information content (AvgIpc) is 2.54. The molecular weight excluding hydrogens is 322 g/mol. The van der Waals surface area contributed by atoms with E-state index in [0.29, 0.717) is 24.4 Å². The number of nitrogens with one attached hydrogen (secondary N) is 1. The molecule has 0 atom stereocenters. The fraction of sp³-hybridized carbons (Fsp3) is 0.588. The molecule has 23 heavy (non-hydrogen) atoms. The van der Waals surface area contributed by atoms with Crippen LogP contribution in [0.2, 0.25) is 0 Å². The maximum atomic E-state index is 13.6. The fourth-order valence-corrected chi connectivity index (χ4v) is 3.49. The molecule has 3 nitrogen and oxygen atoms in total. The van der Waals surface area contributed by atoms with Gasteiger partial charge in [-0.1, -0.05) is 18.2 Å². The molecule has 2 aliphatic rings. The van der Waals surface area contributed by atoms with Gasteiger partial charge in [-0.05, 0) is 49.9 Å². The van der Waals surface area contributed by atoms with Crippen molar-refractivity contribution in [2.45, 2.75) is 37.5 Å². The molecule has 3 rings (SSSR count). The van der Waals surface area contributed by atoms with Crippen LogP contribution < -0.4 is 5.32 Å². The molecule has 2 saturated heterocycles. The van der Waals surface area contributed by atoms with Crippen molar-refractivity contribution in [2.24, 2.45) is 0 Å². The van der Waals surface area contributed by atoms with Crippen LogP contribution in [0.15, 0.2) is 24.3 Å². The predicted molar refractivity (Wildman–Crippen MR) is 88.6 cm³/mol. The van der Waals surface area contributed by atoms with Crippen molar-refractivity contribution in [1.29, 1.82) is 0 Å². The minimum Gasteiger partial charge on any atom is -0.333 e. The summed E-state index contributed by atoms with van der Waals surface area (Å²) in [5.41, 5.74) is 1.62. The number of amides is 1. The zero-order chi connectivity index (χ0) is 15.6. The lowest BCUT2D eigenvalue weighted by atomic mass is 9.86. The number of carbonyl (C=O) groups excluding carboxylic acids is 1. The van der Waals surface area contributed by atoms with Gasteiger partial charge < -0.3 is 10.2 Å². The first kappa shape index (κ1) is 18.1. The van der Waals surface area contributed by atoms with Gasteiger partial charge in [-0.2, -0.15) is 0 Å². The Morgan fingerprint density at radius 3 is 2.61 bits per heavy atom. The number of likely N-dealkylation sites (tertiary alicyclic amines) is 1. The van der Waals surface area contributed by atoms with Crippen molar-refractivity contribution in [3.63, 3.8) is 0 Å². The van der Waals surface area contributed by atoms with E-state index in [1.807, 2.05) is 18.2 Å². The Hall–Kier alpha value is -1.20.